The number of rotatable bonds is 3. The Morgan fingerprint density at radius 2 is 1.78 bits per heavy atom. The van der Waals surface area contributed by atoms with Gasteiger partial charge in [-0.1, -0.05) is 12.1 Å². The average Bonchev–Trinajstić information content (AvgIpc) is 2.89. The minimum Gasteiger partial charge on any atom is -0.319 e. The number of hydrogen-bond donors (Lipinski definition) is 1. The summed E-state index contributed by atoms with van der Waals surface area (Å²) in [7, 11) is 0. The van der Waals surface area contributed by atoms with E-state index in [1.165, 1.54) is 36.5 Å². The minimum absolute atomic E-state index is 0.0403. The Balaban J connectivity index is 1.86. The van der Waals surface area contributed by atoms with Gasteiger partial charge < -0.3 is 5.32 Å². The number of carbonyl (C=O) groups is 1. The van der Waals surface area contributed by atoms with Crippen molar-refractivity contribution in [2.24, 2.45) is 0 Å². The van der Waals surface area contributed by atoms with Gasteiger partial charge in [0.05, 0.1) is 28.8 Å². The van der Waals surface area contributed by atoms with Crippen molar-refractivity contribution >= 4 is 11.6 Å². The summed E-state index contributed by atoms with van der Waals surface area (Å²) in [6.07, 6.45) is 1.47. The highest BCUT2D eigenvalue weighted by Gasteiger charge is 2.15. The van der Waals surface area contributed by atoms with Gasteiger partial charge in [-0.3, -0.25) is 4.79 Å². The maximum absolute atomic E-state index is 13.6. The number of benzene rings is 2. The molecule has 3 aromatic rings. The fourth-order valence-corrected chi connectivity index (χ4v) is 2.21. The molecule has 0 unspecified atom stereocenters. The van der Waals surface area contributed by atoms with Crippen molar-refractivity contribution in [2.45, 2.75) is 6.92 Å². The molecule has 116 valence electrons. The molecule has 3 rings (SSSR count). The number of anilines is 1. The van der Waals surface area contributed by atoms with E-state index in [-0.39, 0.29) is 11.4 Å². The Kier molecular flexibility index (Phi) is 3.89. The van der Waals surface area contributed by atoms with Crippen LogP contribution in [0.4, 0.5) is 14.5 Å². The second kappa shape index (κ2) is 6.00. The molecular weight excluding hydrogens is 300 g/mol. The normalized spacial score (nSPS) is 10.6. The lowest BCUT2D eigenvalue weighted by atomic mass is 10.2. The number of nitrogens with one attached hydrogen (secondary N) is 1. The summed E-state index contributed by atoms with van der Waals surface area (Å²) in [6, 6.07) is 11.6. The van der Waals surface area contributed by atoms with Crippen LogP contribution in [0.2, 0.25) is 0 Å². The maximum Gasteiger partial charge on any atom is 0.258 e. The molecule has 0 bridgehead atoms. The monoisotopic (exact) mass is 313 g/mol. The van der Waals surface area contributed by atoms with E-state index in [1.807, 2.05) is 0 Å². The van der Waals surface area contributed by atoms with Gasteiger partial charge >= 0.3 is 0 Å². The van der Waals surface area contributed by atoms with E-state index in [9.17, 15) is 13.6 Å². The molecule has 0 aliphatic rings. The molecule has 0 aliphatic carbocycles. The van der Waals surface area contributed by atoms with Gasteiger partial charge in [0.15, 0.2) is 0 Å². The highest BCUT2D eigenvalue weighted by molar-refractivity contribution is 6.04. The zero-order valence-corrected chi connectivity index (χ0v) is 12.3. The van der Waals surface area contributed by atoms with E-state index in [4.69, 9.17) is 0 Å². The third kappa shape index (κ3) is 2.96. The van der Waals surface area contributed by atoms with Crippen LogP contribution in [0.3, 0.4) is 0 Å². The van der Waals surface area contributed by atoms with Crippen LogP contribution in [0.15, 0.2) is 54.7 Å². The minimum atomic E-state index is -0.589. The number of aromatic nitrogens is 2. The topological polar surface area (TPSA) is 46.9 Å². The van der Waals surface area contributed by atoms with E-state index in [0.29, 0.717) is 17.1 Å². The summed E-state index contributed by atoms with van der Waals surface area (Å²) in [6.45, 7) is 1.76. The van der Waals surface area contributed by atoms with Crippen LogP contribution < -0.4 is 5.32 Å². The number of nitrogens with zero attached hydrogens (tertiary/aromatic N) is 2. The smallest absolute Gasteiger partial charge is 0.258 e. The number of hydrogen-bond acceptors (Lipinski definition) is 2. The van der Waals surface area contributed by atoms with Crippen molar-refractivity contribution in [3.05, 3.63) is 77.6 Å². The number of carbonyl (C=O) groups excluding carboxylic acids is 1. The second-order valence-corrected chi connectivity index (χ2v) is 4.97. The first-order valence-corrected chi connectivity index (χ1v) is 6.92. The lowest BCUT2D eigenvalue weighted by Gasteiger charge is -2.07. The van der Waals surface area contributed by atoms with Crippen LogP contribution in [0.25, 0.3) is 5.69 Å². The standard InChI is InChI=1S/C17H13F2N3O/c1-11-16(21-17(23)14-4-2-3-5-15(14)19)10-20-22(11)13-8-6-12(18)7-9-13/h2-10H,1H3,(H,21,23). The Hall–Kier alpha value is -3.02. The third-order valence-electron chi connectivity index (χ3n) is 3.45. The fraction of sp³-hybridized carbons (Fsp3) is 0.0588. The molecule has 0 atom stereocenters. The Labute approximate surface area is 131 Å². The summed E-state index contributed by atoms with van der Waals surface area (Å²) in [5.74, 6) is -1.48. The maximum atomic E-state index is 13.6. The van der Waals surface area contributed by atoms with Crippen molar-refractivity contribution in [3.63, 3.8) is 0 Å². The SMILES string of the molecule is Cc1c(NC(=O)c2ccccc2F)cnn1-c1ccc(F)cc1. The van der Waals surface area contributed by atoms with Gasteiger partial charge in [0.25, 0.3) is 5.91 Å². The predicted octanol–water partition coefficient (Wildman–Crippen LogP) is 3.71. The molecule has 0 aliphatic heterocycles. The molecule has 1 aromatic heterocycles. The van der Waals surface area contributed by atoms with Gasteiger partial charge in [0, 0.05) is 0 Å². The molecule has 4 nitrogen and oxygen atoms in total. The van der Waals surface area contributed by atoms with Crippen molar-refractivity contribution in [3.8, 4) is 5.69 Å². The first kappa shape index (κ1) is 14.9. The Morgan fingerprint density at radius 1 is 1.09 bits per heavy atom. The van der Waals surface area contributed by atoms with Crippen LogP contribution in [-0.2, 0) is 0 Å². The fourth-order valence-electron chi connectivity index (χ4n) is 2.21. The van der Waals surface area contributed by atoms with E-state index < -0.39 is 11.7 Å². The molecule has 1 N–H and O–H groups in total. The average molecular weight is 313 g/mol. The molecule has 2 aromatic carbocycles. The van der Waals surface area contributed by atoms with Gasteiger partial charge in [0.2, 0.25) is 0 Å². The quantitative estimate of drug-likeness (QED) is 0.801. The van der Waals surface area contributed by atoms with Crippen LogP contribution in [0.1, 0.15) is 16.1 Å². The summed E-state index contributed by atoms with van der Waals surface area (Å²) in [4.78, 5) is 12.1. The first-order chi connectivity index (χ1) is 11.1. The van der Waals surface area contributed by atoms with Gasteiger partial charge in [-0.25, -0.2) is 13.5 Å². The summed E-state index contributed by atoms with van der Waals surface area (Å²) >= 11 is 0. The second-order valence-electron chi connectivity index (χ2n) is 4.97. The molecule has 23 heavy (non-hydrogen) atoms. The summed E-state index contributed by atoms with van der Waals surface area (Å²) in [5, 5.41) is 6.80. The van der Waals surface area contributed by atoms with Crippen LogP contribution >= 0.6 is 0 Å². The zero-order valence-electron chi connectivity index (χ0n) is 12.3. The summed E-state index contributed by atoms with van der Waals surface area (Å²) in [5.41, 5.74) is 1.74. The summed E-state index contributed by atoms with van der Waals surface area (Å²) < 4.78 is 28.2. The lowest BCUT2D eigenvalue weighted by Crippen LogP contribution is -2.14. The molecule has 0 spiro atoms. The highest BCUT2D eigenvalue weighted by atomic mass is 19.1. The van der Waals surface area contributed by atoms with E-state index >= 15 is 0 Å². The van der Waals surface area contributed by atoms with Crippen molar-refractivity contribution in [1.82, 2.24) is 9.78 Å². The molecule has 0 fully saturated rings. The van der Waals surface area contributed by atoms with Crippen LogP contribution in [0.5, 0.6) is 0 Å². The molecule has 0 saturated carbocycles. The molecule has 1 heterocycles. The first-order valence-electron chi connectivity index (χ1n) is 6.92. The zero-order chi connectivity index (χ0) is 16.4. The lowest BCUT2D eigenvalue weighted by molar-refractivity contribution is 0.102. The molecular formula is C17H13F2N3O. The predicted molar refractivity (Wildman–Crippen MR) is 82.6 cm³/mol. The van der Waals surface area contributed by atoms with Gasteiger partial charge in [-0.15, -0.1) is 0 Å². The van der Waals surface area contributed by atoms with Crippen LogP contribution in [-0.4, -0.2) is 15.7 Å². The molecule has 6 heteroatoms. The Morgan fingerprint density at radius 3 is 2.48 bits per heavy atom. The largest absolute Gasteiger partial charge is 0.319 e. The van der Waals surface area contributed by atoms with Gasteiger partial charge in [-0.05, 0) is 43.3 Å². The van der Waals surface area contributed by atoms with Crippen molar-refractivity contribution in [2.75, 3.05) is 5.32 Å². The third-order valence-corrected chi connectivity index (χ3v) is 3.45. The van der Waals surface area contributed by atoms with Crippen molar-refractivity contribution < 1.29 is 13.6 Å². The number of halogens is 2. The van der Waals surface area contributed by atoms with Crippen LogP contribution in [0, 0.1) is 18.6 Å². The van der Waals surface area contributed by atoms with E-state index in [0.717, 1.165) is 0 Å². The molecule has 0 radical (unpaired) electrons. The van der Waals surface area contributed by atoms with Crippen molar-refractivity contribution in [1.29, 1.82) is 0 Å². The molecule has 1 amide bonds. The highest BCUT2D eigenvalue weighted by Crippen LogP contribution is 2.20. The van der Waals surface area contributed by atoms with Gasteiger partial charge in [-0.2, -0.15) is 5.10 Å². The number of amides is 1. The molecule has 0 saturated heterocycles. The Bertz CT molecular complexity index is 857. The van der Waals surface area contributed by atoms with E-state index in [2.05, 4.69) is 10.4 Å². The van der Waals surface area contributed by atoms with Gasteiger partial charge in [0.1, 0.15) is 11.6 Å². The van der Waals surface area contributed by atoms with E-state index in [1.54, 1.807) is 29.8 Å².